The number of rotatable bonds is 3. The molecule has 1 aliphatic carbocycles. The Morgan fingerprint density at radius 2 is 2.05 bits per heavy atom. The second kappa shape index (κ2) is 5.95. The summed E-state index contributed by atoms with van der Waals surface area (Å²) < 4.78 is 2.31. The maximum Gasteiger partial charge on any atom is 0.125 e. The van der Waals surface area contributed by atoms with E-state index < -0.39 is 0 Å². The van der Waals surface area contributed by atoms with E-state index in [0.717, 1.165) is 27.8 Å². The van der Waals surface area contributed by atoms with Crippen LogP contribution in [0, 0.1) is 5.92 Å². The molecule has 1 atom stereocenters. The van der Waals surface area contributed by atoms with Gasteiger partial charge in [0.05, 0.1) is 16.9 Å². The Kier molecular flexibility index (Phi) is 4.23. The molecule has 1 fully saturated rings. The summed E-state index contributed by atoms with van der Waals surface area (Å²) >= 11 is 12.3. The smallest absolute Gasteiger partial charge is 0.125 e. The van der Waals surface area contributed by atoms with Crippen LogP contribution in [-0.2, 0) is 5.88 Å². The first-order valence-electron chi connectivity index (χ1n) is 7.43. The molecule has 0 N–H and O–H groups in total. The number of nitrogens with zero attached hydrogens (tertiary/aromatic N) is 2. The van der Waals surface area contributed by atoms with Gasteiger partial charge in [-0.2, -0.15) is 0 Å². The molecule has 2 nitrogen and oxygen atoms in total. The molecular weight excluding hydrogens is 291 g/mol. The quantitative estimate of drug-likeness (QED) is 0.678. The number of alkyl halides is 1. The van der Waals surface area contributed by atoms with Crippen molar-refractivity contribution >= 4 is 34.2 Å². The van der Waals surface area contributed by atoms with E-state index in [1.165, 1.54) is 32.1 Å². The Morgan fingerprint density at radius 3 is 2.75 bits per heavy atom. The van der Waals surface area contributed by atoms with Crippen LogP contribution in [0.25, 0.3) is 11.0 Å². The third-order valence-electron chi connectivity index (χ3n) is 4.58. The molecule has 1 unspecified atom stereocenters. The fourth-order valence-electron chi connectivity index (χ4n) is 3.49. The van der Waals surface area contributed by atoms with Crippen LogP contribution in [0.4, 0.5) is 0 Å². The number of imidazole rings is 1. The first-order valence-corrected chi connectivity index (χ1v) is 8.34. The van der Waals surface area contributed by atoms with E-state index >= 15 is 0 Å². The van der Waals surface area contributed by atoms with E-state index in [1.54, 1.807) is 0 Å². The SMILES string of the molecule is CC(C1CCCCC1)n1c(CCl)nc2ccc(Cl)cc21. The van der Waals surface area contributed by atoms with Crippen molar-refractivity contribution in [1.82, 2.24) is 9.55 Å². The standard InChI is InChI=1S/C16H20Cl2N2/c1-11(12-5-3-2-4-6-12)20-15-9-13(18)7-8-14(15)19-16(20)10-17/h7-9,11-12H,2-6,10H2,1H3. The lowest BCUT2D eigenvalue weighted by molar-refractivity contribution is 0.265. The summed E-state index contributed by atoms with van der Waals surface area (Å²) in [7, 11) is 0. The van der Waals surface area contributed by atoms with Gasteiger partial charge >= 0.3 is 0 Å². The molecule has 0 saturated heterocycles. The summed E-state index contributed by atoms with van der Waals surface area (Å²) in [5, 5.41) is 0.760. The highest BCUT2D eigenvalue weighted by Crippen LogP contribution is 2.36. The largest absolute Gasteiger partial charge is 0.324 e. The lowest BCUT2D eigenvalue weighted by atomic mass is 9.84. The van der Waals surface area contributed by atoms with Crippen LogP contribution in [0.1, 0.15) is 50.9 Å². The van der Waals surface area contributed by atoms with Crippen molar-refractivity contribution in [1.29, 1.82) is 0 Å². The van der Waals surface area contributed by atoms with Gasteiger partial charge in [-0.15, -0.1) is 11.6 Å². The minimum Gasteiger partial charge on any atom is -0.324 e. The van der Waals surface area contributed by atoms with Gasteiger partial charge in [0, 0.05) is 11.1 Å². The molecule has 0 bridgehead atoms. The van der Waals surface area contributed by atoms with Crippen molar-refractivity contribution in [2.24, 2.45) is 5.92 Å². The molecule has 2 aromatic rings. The van der Waals surface area contributed by atoms with Crippen LogP contribution in [0.3, 0.4) is 0 Å². The summed E-state index contributed by atoms with van der Waals surface area (Å²) in [5.41, 5.74) is 2.11. The van der Waals surface area contributed by atoms with Gasteiger partial charge in [-0.05, 0) is 43.9 Å². The van der Waals surface area contributed by atoms with Crippen LogP contribution in [-0.4, -0.2) is 9.55 Å². The number of benzene rings is 1. The summed E-state index contributed by atoms with van der Waals surface area (Å²) in [5.74, 6) is 2.13. The fraction of sp³-hybridized carbons (Fsp3) is 0.562. The predicted octanol–water partition coefficient (Wildman–Crippen LogP) is 5.57. The predicted molar refractivity (Wildman–Crippen MR) is 85.6 cm³/mol. The highest BCUT2D eigenvalue weighted by molar-refractivity contribution is 6.31. The maximum atomic E-state index is 6.16. The van der Waals surface area contributed by atoms with Gasteiger partial charge in [-0.25, -0.2) is 4.98 Å². The highest BCUT2D eigenvalue weighted by atomic mass is 35.5. The number of hydrogen-bond donors (Lipinski definition) is 0. The normalized spacial score (nSPS) is 18.6. The topological polar surface area (TPSA) is 17.8 Å². The van der Waals surface area contributed by atoms with Gasteiger partial charge in [-0.1, -0.05) is 30.9 Å². The van der Waals surface area contributed by atoms with Gasteiger partial charge in [0.2, 0.25) is 0 Å². The summed E-state index contributed by atoms with van der Waals surface area (Å²) in [6.07, 6.45) is 6.69. The molecule has 0 aliphatic heterocycles. The molecule has 0 amide bonds. The molecule has 108 valence electrons. The molecule has 1 aliphatic rings. The van der Waals surface area contributed by atoms with Crippen LogP contribution in [0.15, 0.2) is 18.2 Å². The maximum absolute atomic E-state index is 6.16. The Labute approximate surface area is 130 Å². The molecule has 0 radical (unpaired) electrons. The van der Waals surface area contributed by atoms with Crippen LogP contribution < -0.4 is 0 Å². The zero-order valence-electron chi connectivity index (χ0n) is 11.8. The zero-order chi connectivity index (χ0) is 14.1. The Bertz CT molecular complexity index is 600. The van der Waals surface area contributed by atoms with Gasteiger partial charge < -0.3 is 4.57 Å². The van der Waals surface area contributed by atoms with E-state index in [-0.39, 0.29) is 0 Å². The van der Waals surface area contributed by atoms with E-state index in [2.05, 4.69) is 16.5 Å². The van der Waals surface area contributed by atoms with E-state index in [0.29, 0.717) is 11.9 Å². The number of hydrogen-bond acceptors (Lipinski definition) is 1. The molecule has 1 aromatic heterocycles. The van der Waals surface area contributed by atoms with Crippen molar-refractivity contribution in [2.45, 2.75) is 50.9 Å². The minimum absolute atomic E-state index is 0.438. The minimum atomic E-state index is 0.438. The molecular formula is C16H20Cl2N2. The summed E-state index contributed by atoms with van der Waals surface area (Å²) in [6.45, 7) is 2.30. The third kappa shape index (κ3) is 2.56. The lowest BCUT2D eigenvalue weighted by Gasteiger charge is -2.30. The number of fused-ring (bicyclic) bond motifs is 1. The Balaban J connectivity index is 2.05. The average Bonchev–Trinajstić information content (AvgIpc) is 2.85. The first-order chi connectivity index (χ1) is 9.70. The van der Waals surface area contributed by atoms with Crippen LogP contribution in [0.5, 0.6) is 0 Å². The van der Waals surface area contributed by atoms with Gasteiger partial charge in [0.1, 0.15) is 5.82 Å². The first kappa shape index (κ1) is 14.2. The molecule has 20 heavy (non-hydrogen) atoms. The van der Waals surface area contributed by atoms with Gasteiger partial charge in [0.25, 0.3) is 0 Å². The van der Waals surface area contributed by atoms with E-state index in [1.807, 2.05) is 18.2 Å². The average molecular weight is 311 g/mol. The molecule has 1 saturated carbocycles. The van der Waals surface area contributed by atoms with Crippen molar-refractivity contribution in [3.05, 3.63) is 29.0 Å². The molecule has 4 heteroatoms. The Hall–Kier alpha value is -0.730. The van der Waals surface area contributed by atoms with Crippen molar-refractivity contribution in [3.8, 4) is 0 Å². The zero-order valence-corrected chi connectivity index (χ0v) is 13.3. The monoisotopic (exact) mass is 310 g/mol. The second-order valence-corrected chi connectivity index (χ2v) is 6.51. The van der Waals surface area contributed by atoms with E-state index in [9.17, 15) is 0 Å². The summed E-state index contributed by atoms with van der Waals surface area (Å²) in [6, 6.07) is 6.33. The molecule has 3 rings (SSSR count). The molecule has 0 spiro atoms. The Morgan fingerprint density at radius 1 is 1.30 bits per heavy atom. The van der Waals surface area contributed by atoms with E-state index in [4.69, 9.17) is 23.2 Å². The fourth-order valence-corrected chi connectivity index (χ4v) is 3.85. The number of halogens is 2. The van der Waals surface area contributed by atoms with Gasteiger partial charge in [-0.3, -0.25) is 0 Å². The van der Waals surface area contributed by atoms with Crippen molar-refractivity contribution < 1.29 is 0 Å². The highest BCUT2D eigenvalue weighted by Gasteiger charge is 2.24. The van der Waals surface area contributed by atoms with Crippen molar-refractivity contribution in [3.63, 3.8) is 0 Å². The van der Waals surface area contributed by atoms with Crippen molar-refractivity contribution in [2.75, 3.05) is 0 Å². The molecule has 1 heterocycles. The number of aromatic nitrogens is 2. The molecule has 1 aromatic carbocycles. The third-order valence-corrected chi connectivity index (χ3v) is 5.06. The van der Waals surface area contributed by atoms with Gasteiger partial charge in [0.15, 0.2) is 0 Å². The van der Waals surface area contributed by atoms with Crippen LogP contribution >= 0.6 is 23.2 Å². The van der Waals surface area contributed by atoms with Crippen LogP contribution in [0.2, 0.25) is 5.02 Å². The summed E-state index contributed by atoms with van der Waals surface area (Å²) in [4.78, 5) is 4.66. The second-order valence-electron chi connectivity index (χ2n) is 5.80. The lowest BCUT2D eigenvalue weighted by Crippen LogP contribution is -2.20.